The third-order valence-electron chi connectivity index (χ3n) is 4.23. The van der Waals surface area contributed by atoms with E-state index in [2.05, 4.69) is 37.7 Å². The van der Waals surface area contributed by atoms with Gasteiger partial charge in [0.25, 0.3) is 0 Å². The standard InChI is InChI=1S/C18H19N5S.2ClH/c1-2-4-13(5-3-1)17-16(24-12-23-17)10-20-18-14-6-8-19-9-7-15(14)21-11-22-18;;/h1-5,11-12,19H,6-10H2,(H,20,21,22);2*1H. The van der Waals surface area contributed by atoms with E-state index in [0.29, 0.717) is 0 Å². The zero-order valence-corrected chi connectivity index (χ0v) is 16.6. The summed E-state index contributed by atoms with van der Waals surface area (Å²) in [5.41, 5.74) is 6.51. The Balaban J connectivity index is 0.00000121. The van der Waals surface area contributed by atoms with Crippen LogP contribution < -0.4 is 10.6 Å². The first-order chi connectivity index (χ1) is 11.9. The van der Waals surface area contributed by atoms with E-state index in [1.165, 1.54) is 10.4 Å². The Morgan fingerprint density at radius 2 is 1.81 bits per heavy atom. The predicted molar refractivity (Wildman–Crippen MR) is 112 cm³/mol. The summed E-state index contributed by atoms with van der Waals surface area (Å²) in [4.78, 5) is 14.7. The molecule has 0 aliphatic carbocycles. The van der Waals surface area contributed by atoms with Crippen LogP contribution >= 0.6 is 36.2 Å². The zero-order chi connectivity index (χ0) is 16.2. The Kier molecular flexibility index (Phi) is 7.78. The minimum absolute atomic E-state index is 0. The van der Waals surface area contributed by atoms with Crippen LogP contribution in [0.5, 0.6) is 0 Å². The molecule has 0 spiro atoms. The zero-order valence-electron chi connectivity index (χ0n) is 14.1. The Morgan fingerprint density at radius 3 is 2.65 bits per heavy atom. The number of hydrogen-bond acceptors (Lipinski definition) is 6. The highest BCUT2D eigenvalue weighted by atomic mass is 35.5. The quantitative estimate of drug-likeness (QED) is 0.686. The first-order valence-electron chi connectivity index (χ1n) is 8.17. The summed E-state index contributed by atoms with van der Waals surface area (Å²) < 4.78 is 0. The fourth-order valence-electron chi connectivity index (χ4n) is 3.02. The fourth-order valence-corrected chi connectivity index (χ4v) is 3.74. The summed E-state index contributed by atoms with van der Waals surface area (Å²) in [5, 5.41) is 6.92. The Hall–Kier alpha value is -1.73. The maximum atomic E-state index is 4.54. The molecule has 1 aliphatic rings. The molecule has 2 aromatic heterocycles. The van der Waals surface area contributed by atoms with Crippen LogP contribution in [-0.4, -0.2) is 28.0 Å². The average Bonchev–Trinajstić information content (AvgIpc) is 2.97. The van der Waals surface area contributed by atoms with Crippen LogP contribution in [0.1, 0.15) is 16.1 Å². The van der Waals surface area contributed by atoms with Crippen molar-refractivity contribution in [1.82, 2.24) is 20.3 Å². The van der Waals surface area contributed by atoms with Crippen molar-refractivity contribution in [2.45, 2.75) is 19.4 Å². The lowest BCUT2D eigenvalue weighted by molar-refractivity contribution is 0.708. The van der Waals surface area contributed by atoms with E-state index >= 15 is 0 Å². The maximum absolute atomic E-state index is 4.54. The second kappa shape index (κ2) is 9.83. The topological polar surface area (TPSA) is 62.7 Å². The summed E-state index contributed by atoms with van der Waals surface area (Å²) >= 11 is 1.68. The van der Waals surface area contributed by atoms with E-state index in [9.17, 15) is 0 Å². The van der Waals surface area contributed by atoms with Crippen molar-refractivity contribution in [3.8, 4) is 11.3 Å². The molecule has 8 heteroatoms. The lowest BCUT2D eigenvalue weighted by atomic mass is 10.1. The fraction of sp³-hybridized carbons (Fsp3) is 0.278. The van der Waals surface area contributed by atoms with Crippen LogP contribution in [0.2, 0.25) is 0 Å². The van der Waals surface area contributed by atoms with Gasteiger partial charge in [0.05, 0.1) is 28.3 Å². The van der Waals surface area contributed by atoms with Crippen LogP contribution in [0.15, 0.2) is 42.2 Å². The molecule has 0 fully saturated rings. The lowest BCUT2D eigenvalue weighted by Gasteiger charge is -2.12. The van der Waals surface area contributed by atoms with E-state index in [1.807, 2.05) is 23.7 Å². The molecule has 1 aliphatic heterocycles. The first kappa shape index (κ1) is 20.6. The van der Waals surface area contributed by atoms with Crippen molar-refractivity contribution in [2.24, 2.45) is 0 Å². The second-order valence-corrected chi connectivity index (χ2v) is 6.68. The molecule has 26 heavy (non-hydrogen) atoms. The van der Waals surface area contributed by atoms with Gasteiger partial charge in [0.2, 0.25) is 0 Å². The Morgan fingerprint density at radius 1 is 1.00 bits per heavy atom. The smallest absolute Gasteiger partial charge is 0.133 e. The molecule has 0 amide bonds. The number of fused-ring (bicyclic) bond motifs is 1. The number of nitrogens with zero attached hydrogens (tertiary/aromatic N) is 3. The summed E-state index contributed by atoms with van der Waals surface area (Å²) in [6.07, 6.45) is 3.59. The number of benzene rings is 1. The number of anilines is 1. The molecule has 138 valence electrons. The molecule has 0 radical (unpaired) electrons. The number of aromatic nitrogens is 3. The number of hydrogen-bond donors (Lipinski definition) is 2. The number of halogens is 2. The van der Waals surface area contributed by atoms with Gasteiger partial charge in [-0.15, -0.1) is 36.2 Å². The van der Waals surface area contributed by atoms with Gasteiger partial charge in [-0.25, -0.2) is 15.0 Å². The monoisotopic (exact) mass is 409 g/mol. The van der Waals surface area contributed by atoms with E-state index < -0.39 is 0 Å². The Bertz CT molecular complexity index is 825. The molecule has 3 aromatic rings. The molecule has 3 heterocycles. The van der Waals surface area contributed by atoms with Gasteiger partial charge in [-0.3, -0.25) is 0 Å². The largest absolute Gasteiger partial charge is 0.365 e. The molecule has 2 N–H and O–H groups in total. The van der Waals surface area contributed by atoms with E-state index in [4.69, 9.17) is 0 Å². The van der Waals surface area contributed by atoms with Crippen molar-refractivity contribution in [3.63, 3.8) is 0 Å². The summed E-state index contributed by atoms with van der Waals surface area (Å²) in [7, 11) is 0. The lowest BCUT2D eigenvalue weighted by Crippen LogP contribution is -2.16. The third-order valence-corrected chi connectivity index (χ3v) is 5.06. The molecule has 0 saturated carbocycles. The van der Waals surface area contributed by atoms with Gasteiger partial charge in [0, 0.05) is 24.1 Å². The molecule has 0 atom stereocenters. The van der Waals surface area contributed by atoms with Crippen LogP contribution in [0.4, 0.5) is 5.82 Å². The molecule has 4 rings (SSSR count). The van der Waals surface area contributed by atoms with Crippen LogP contribution in [0, 0.1) is 0 Å². The summed E-state index contributed by atoms with van der Waals surface area (Å²) in [6.45, 7) is 2.69. The van der Waals surface area contributed by atoms with Crippen molar-refractivity contribution >= 4 is 42.0 Å². The highest BCUT2D eigenvalue weighted by molar-refractivity contribution is 7.10. The summed E-state index contributed by atoms with van der Waals surface area (Å²) in [5.74, 6) is 0.955. The molecule has 0 saturated heterocycles. The Labute approximate surface area is 169 Å². The predicted octanol–water partition coefficient (Wildman–Crippen LogP) is 3.74. The first-order valence-corrected chi connectivity index (χ1v) is 9.05. The molecular weight excluding hydrogens is 389 g/mol. The SMILES string of the molecule is Cl.Cl.c1ccc(-c2ncsc2CNc2ncnc3c2CCNCC3)cc1. The highest BCUT2D eigenvalue weighted by Crippen LogP contribution is 2.26. The van der Waals surface area contributed by atoms with E-state index in [0.717, 1.165) is 55.2 Å². The molecule has 0 unspecified atom stereocenters. The summed E-state index contributed by atoms with van der Waals surface area (Å²) in [6, 6.07) is 10.3. The van der Waals surface area contributed by atoms with Gasteiger partial charge < -0.3 is 10.6 Å². The molecule has 0 bridgehead atoms. The van der Waals surface area contributed by atoms with Gasteiger partial charge in [-0.2, -0.15) is 0 Å². The van der Waals surface area contributed by atoms with Crippen molar-refractivity contribution in [3.05, 3.63) is 58.3 Å². The minimum atomic E-state index is 0. The van der Waals surface area contributed by atoms with Gasteiger partial charge in [0.15, 0.2) is 0 Å². The van der Waals surface area contributed by atoms with Crippen LogP contribution in [0.25, 0.3) is 11.3 Å². The molecule has 5 nitrogen and oxygen atoms in total. The van der Waals surface area contributed by atoms with Gasteiger partial charge in [-0.1, -0.05) is 30.3 Å². The van der Waals surface area contributed by atoms with Gasteiger partial charge >= 0.3 is 0 Å². The second-order valence-electron chi connectivity index (χ2n) is 5.74. The number of thiazole rings is 1. The molecular formula is C18H21Cl2N5S. The van der Waals surface area contributed by atoms with Crippen molar-refractivity contribution in [1.29, 1.82) is 0 Å². The van der Waals surface area contributed by atoms with Crippen molar-refractivity contribution in [2.75, 3.05) is 18.4 Å². The minimum Gasteiger partial charge on any atom is -0.365 e. The average molecular weight is 410 g/mol. The number of rotatable bonds is 4. The van der Waals surface area contributed by atoms with E-state index in [-0.39, 0.29) is 24.8 Å². The maximum Gasteiger partial charge on any atom is 0.133 e. The van der Waals surface area contributed by atoms with Gasteiger partial charge in [0.1, 0.15) is 12.1 Å². The normalized spacial score (nSPS) is 12.9. The highest BCUT2D eigenvalue weighted by Gasteiger charge is 2.15. The number of nitrogens with one attached hydrogen (secondary N) is 2. The van der Waals surface area contributed by atoms with E-state index in [1.54, 1.807) is 17.7 Å². The van der Waals surface area contributed by atoms with Gasteiger partial charge in [-0.05, 0) is 13.0 Å². The third kappa shape index (κ3) is 4.51. The van der Waals surface area contributed by atoms with Crippen LogP contribution in [0.3, 0.4) is 0 Å². The van der Waals surface area contributed by atoms with Crippen molar-refractivity contribution < 1.29 is 0 Å². The van der Waals surface area contributed by atoms with Crippen LogP contribution in [-0.2, 0) is 19.4 Å². The molecule has 1 aromatic carbocycles.